The van der Waals surface area contributed by atoms with Gasteiger partial charge in [-0.15, -0.1) is 11.3 Å². The van der Waals surface area contributed by atoms with Crippen LogP contribution in [0.3, 0.4) is 0 Å². The van der Waals surface area contributed by atoms with Gasteiger partial charge in [0.1, 0.15) is 19.3 Å². The molecule has 1 aliphatic rings. The summed E-state index contributed by atoms with van der Waals surface area (Å²) < 4.78 is 10.5. The number of hydrogen-bond acceptors (Lipinski definition) is 5. The fourth-order valence-corrected chi connectivity index (χ4v) is 2.43. The van der Waals surface area contributed by atoms with Crippen molar-refractivity contribution in [3.63, 3.8) is 0 Å². The van der Waals surface area contributed by atoms with Crippen molar-refractivity contribution in [2.75, 3.05) is 13.2 Å². The minimum Gasteiger partial charge on any atom is -0.485 e. The van der Waals surface area contributed by atoms with Gasteiger partial charge in [0.2, 0.25) is 0 Å². The average molecular weight is 307 g/mol. The Morgan fingerprint density at radius 1 is 1.19 bits per heavy atom. The highest BCUT2D eigenvalue weighted by atomic mass is 32.1. The molecule has 1 atom stereocenters. The van der Waals surface area contributed by atoms with Crippen LogP contribution in [-0.2, 0) is 11.2 Å². The fraction of sp³-hybridized carbons (Fsp3) is 0.267. The third kappa shape index (κ3) is 4.77. The number of benzene rings is 1. The van der Waals surface area contributed by atoms with E-state index < -0.39 is 12.0 Å². The minimum atomic E-state index is -0.959. The van der Waals surface area contributed by atoms with Crippen molar-refractivity contribution in [3.8, 4) is 11.5 Å². The zero-order valence-electron chi connectivity index (χ0n) is 11.4. The molecule has 0 amide bonds. The lowest BCUT2D eigenvalue weighted by atomic mass is 10.1. The van der Waals surface area contributed by atoms with Gasteiger partial charge in [0, 0.05) is 10.8 Å². The summed E-state index contributed by atoms with van der Waals surface area (Å²) in [5.41, 5.74) is 6.30. The summed E-state index contributed by atoms with van der Waals surface area (Å²) in [6.45, 7) is 1.37. The van der Waals surface area contributed by atoms with E-state index in [9.17, 15) is 4.79 Å². The molecule has 0 spiro atoms. The molecule has 1 aromatic carbocycles. The Morgan fingerprint density at radius 2 is 1.76 bits per heavy atom. The zero-order chi connectivity index (χ0) is 15.1. The third-order valence-electron chi connectivity index (χ3n) is 2.81. The molecule has 0 bridgehead atoms. The first-order valence-corrected chi connectivity index (χ1v) is 7.45. The zero-order valence-corrected chi connectivity index (χ0v) is 12.2. The van der Waals surface area contributed by atoms with Gasteiger partial charge in [-0.3, -0.25) is 4.79 Å². The molecule has 0 saturated carbocycles. The van der Waals surface area contributed by atoms with Crippen molar-refractivity contribution in [2.24, 2.45) is 5.73 Å². The van der Waals surface area contributed by atoms with Crippen LogP contribution in [0, 0.1) is 0 Å². The van der Waals surface area contributed by atoms with Crippen LogP contribution in [-0.4, -0.2) is 30.3 Å². The molecule has 21 heavy (non-hydrogen) atoms. The van der Waals surface area contributed by atoms with E-state index in [-0.39, 0.29) is 0 Å². The van der Waals surface area contributed by atoms with E-state index in [1.54, 1.807) is 11.3 Å². The average Bonchev–Trinajstić information content (AvgIpc) is 2.97. The first kappa shape index (κ1) is 15.3. The molecule has 6 heteroatoms. The summed E-state index contributed by atoms with van der Waals surface area (Å²) in [4.78, 5) is 10.4. The molecule has 1 aliphatic heterocycles. The Hall–Kier alpha value is -2.05. The van der Waals surface area contributed by atoms with E-state index >= 15 is 0 Å². The van der Waals surface area contributed by atoms with Crippen LogP contribution in [0.25, 0.3) is 0 Å². The Labute approximate surface area is 126 Å². The first-order valence-electron chi connectivity index (χ1n) is 6.51. The van der Waals surface area contributed by atoms with Gasteiger partial charge >= 0.3 is 5.97 Å². The van der Waals surface area contributed by atoms with Crippen molar-refractivity contribution in [1.82, 2.24) is 0 Å². The van der Waals surface area contributed by atoms with E-state index in [4.69, 9.17) is 20.3 Å². The second-order valence-electron chi connectivity index (χ2n) is 4.43. The number of carbonyl (C=O) groups is 1. The molecule has 1 aromatic heterocycles. The van der Waals surface area contributed by atoms with Crippen molar-refractivity contribution < 1.29 is 19.4 Å². The molecule has 2 heterocycles. The Kier molecular flexibility index (Phi) is 5.59. The normalized spacial score (nSPS) is 13.8. The van der Waals surface area contributed by atoms with Gasteiger partial charge in [0.25, 0.3) is 0 Å². The second-order valence-corrected chi connectivity index (χ2v) is 5.18. The summed E-state index contributed by atoms with van der Waals surface area (Å²) >= 11 is 1.61. The number of hydrogen-bond donors (Lipinski definition) is 2. The van der Waals surface area contributed by atoms with E-state index in [2.05, 4.69) is 0 Å². The minimum absolute atomic E-state index is 0.385. The van der Waals surface area contributed by atoms with Gasteiger partial charge in [0.15, 0.2) is 11.5 Å². The first-order chi connectivity index (χ1) is 10.2. The number of carboxylic acid groups (broad SMARTS) is 1. The third-order valence-corrected chi connectivity index (χ3v) is 3.51. The van der Waals surface area contributed by atoms with Crippen molar-refractivity contribution in [1.29, 1.82) is 0 Å². The highest BCUT2D eigenvalue weighted by Gasteiger charge is 2.11. The van der Waals surface area contributed by atoms with Gasteiger partial charge < -0.3 is 20.3 Å². The molecule has 3 rings (SSSR count). The van der Waals surface area contributed by atoms with Crippen LogP contribution in [0.2, 0.25) is 0 Å². The monoisotopic (exact) mass is 307 g/mol. The molecule has 0 aliphatic carbocycles. The lowest BCUT2D eigenvalue weighted by Gasteiger charge is -2.13. The molecular weight excluding hydrogens is 290 g/mol. The molecule has 1 unspecified atom stereocenters. The van der Waals surface area contributed by atoms with Crippen LogP contribution in [0.4, 0.5) is 0 Å². The number of thiophene rings is 1. The SMILES string of the molecule is NC(Cc1ccccc1)C(=O)O.c1scc2c1OCCO2. The molecular formula is C15H17NO4S. The summed E-state index contributed by atoms with van der Waals surface area (Å²) in [6.07, 6.45) is 0.385. The van der Waals surface area contributed by atoms with Crippen molar-refractivity contribution in [2.45, 2.75) is 12.5 Å². The van der Waals surface area contributed by atoms with Gasteiger partial charge in [-0.25, -0.2) is 0 Å². The molecule has 5 nitrogen and oxygen atoms in total. The van der Waals surface area contributed by atoms with E-state index in [0.29, 0.717) is 19.6 Å². The molecule has 112 valence electrons. The smallest absolute Gasteiger partial charge is 0.320 e. The maximum Gasteiger partial charge on any atom is 0.320 e. The van der Waals surface area contributed by atoms with Gasteiger partial charge in [-0.1, -0.05) is 30.3 Å². The van der Waals surface area contributed by atoms with Crippen LogP contribution >= 0.6 is 11.3 Å². The van der Waals surface area contributed by atoms with Crippen LogP contribution in [0.15, 0.2) is 41.1 Å². The number of nitrogens with two attached hydrogens (primary N) is 1. The highest BCUT2D eigenvalue weighted by Crippen LogP contribution is 2.33. The second kappa shape index (κ2) is 7.66. The lowest BCUT2D eigenvalue weighted by molar-refractivity contribution is -0.138. The predicted octanol–water partition coefficient (Wildman–Crippen LogP) is 2.16. The van der Waals surface area contributed by atoms with E-state index in [1.807, 2.05) is 41.1 Å². The quantitative estimate of drug-likeness (QED) is 0.908. The molecule has 3 N–H and O–H groups in total. The molecule has 0 fully saturated rings. The van der Waals surface area contributed by atoms with Crippen molar-refractivity contribution >= 4 is 17.3 Å². The maximum absolute atomic E-state index is 10.4. The fourth-order valence-electron chi connectivity index (χ4n) is 1.74. The lowest BCUT2D eigenvalue weighted by Crippen LogP contribution is -2.32. The van der Waals surface area contributed by atoms with E-state index in [0.717, 1.165) is 17.1 Å². The highest BCUT2D eigenvalue weighted by molar-refractivity contribution is 7.08. The topological polar surface area (TPSA) is 81.8 Å². The van der Waals surface area contributed by atoms with E-state index in [1.165, 1.54) is 0 Å². The number of ether oxygens (including phenoxy) is 2. The van der Waals surface area contributed by atoms with Gasteiger partial charge in [-0.05, 0) is 12.0 Å². The number of aliphatic carboxylic acids is 1. The Balaban J connectivity index is 0.000000159. The molecule has 2 aromatic rings. The Morgan fingerprint density at radius 3 is 2.29 bits per heavy atom. The number of rotatable bonds is 3. The van der Waals surface area contributed by atoms with Gasteiger partial charge in [0.05, 0.1) is 0 Å². The predicted molar refractivity (Wildman–Crippen MR) is 81.1 cm³/mol. The van der Waals surface area contributed by atoms with Crippen LogP contribution in [0.5, 0.6) is 11.5 Å². The summed E-state index contributed by atoms with van der Waals surface area (Å²) in [7, 11) is 0. The standard InChI is InChI=1S/C9H11NO2.C6H6O2S/c10-8(9(11)12)6-7-4-2-1-3-5-7;1-2-8-6-4-9-3-5(6)7-1/h1-5,8H,6,10H2,(H,11,12);3-4H,1-2H2. The molecule has 0 saturated heterocycles. The summed E-state index contributed by atoms with van der Waals surface area (Å²) in [5.74, 6) is 0.830. The van der Waals surface area contributed by atoms with Crippen LogP contribution in [0.1, 0.15) is 5.56 Å². The maximum atomic E-state index is 10.4. The van der Waals surface area contributed by atoms with Crippen LogP contribution < -0.4 is 15.2 Å². The largest absolute Gasteiger partial charge is 0.485 e. The number of carboxylic acids is 1. The van der Waals surface area contributed by atoms with Gasteiger partial charge in [-0.2, -0.15) is 0 Å². The summed E-state index contributed by atoms with van der Waals surface area (Å²) in [5, 5.41) is 12.4. The molecule has 0 radical (unpaired) electrons. The van der Waals surface area contributed by atoms with Crippen molar-refractivity contribution in [3.05, 3.63) is 46.7 Å². The summed E-state index contributed by atoms with van der Waals surface area (Å²) in [6, 6.07) is 8.54. The number of fused-ring (bicyclic) bond motifs is 1. The Bertz CT molecular complexity index is 550.